The Hall–Kier alpha value is -0.120. The lowest BCUT2D eigenvalue weighted by molar-refractivity contribution is 0.210. The van der Waals surface area contributed by atoms with Gasteiger partial charge in [0.15, 0.2) is 0 Å². The molecule has 102 valence electrons. The molecular weight excluding hydrogens is 210 g/mol. The van der Waals surface area contributed by atoms with Crippen LogP contribution >= 0.6 is 0 Å². The number of nitrogens with one attached hydrogen (secondary N) is 1. The summed E-state index contributed by atoms with van der Waals surface area (Å²) in [6.07, 6.45) is 5.31. The molecule has 0 spiro atoms. The van der Waals surface area contributed by atoms with Crippen molar-refractivity contribution in [2.75, 3.05) is 46.3 Å². The highest BCUT2D eigenvalue weighted by Gasteiger charge is 2.16. The molecule has 0 aromatic carbocycles. The van der Waals surface area contributed by atoms with Crippen LogP contribution in [0.3, 0.4) is 0 Å². The zero-order chi connectivity index (χ0) is 12.5. The van der Waals surface area contributed by atoms with Gasteiger partial charge in [-0.3, -0.25) is 4.90 Å². The first kappa shape index (κ1) is 14.9. The third-order valence-corrected chi connectivity index (χ3v) is 3.77. The third-order valence-electron chi connectivity index (χ3n) is 3.77. The molecule has 0 bridgehead atoms. The van der Waals surface area contributed by atoms with Crippen LogP contribution in [0.1, 0.15) is 39.5 Å². The molecule has 1 N–H and O–H groups in total. The van der Waals surface area contributed by atoms with Gasteiger partial charge in [0.25, 0.3) is 0 Å². The standard InChI is InChI=1S/C14H31N3/c1-4-5-6-8-15-13-14(2)17-10-7-9-16(3)11-12-17/h14-15H,4-13H2,1-3H3. The Kier molecular flexibility index (Phi) is 7.82. The lowest BCUT2D eigenvalue weighted by Crippen LogP contribution is -2.42. The maximum Gasteiger partial charge on any atom is 0.0192 e. The van der Waals surface area contributed by atoms with Crippen LogP contribution in [0.4, 0.5) is 0 Å². The number of hydrogen-bond donors (Lipinski definition) is 1. The number of likely N-dealkylation sites (N-methyl/N-ethyl adjacent to an activating group) is 1. The second-order valence-corrected chi connectivity index (χ2v) is 5.45. The second-order valence-electron chi connectivity index (χ2n) is 5.45. The lowest BCUT2D eigenvalue weighted by Gasteiger charge is -2.27. The van der Waals surface area contributed by atoms with E-state index in [9.17, 15) is 0 Å². The van der Waals surface area contributed by atoms with Crippen LogP contribution in [0, 0.1) is 0 Å². The minimum absolute atomic E-state index is 0.683. The molecule has 3 heteroatoms. The van der Waals surface area contributed by atoms with E-state index >= 15 is 0 Å². The monoisotopic (exact) mass is 241 g/mol. The van der Waals surface area contributed by atoms with E-state index in [2.05, 4.69) is 36.0 Å². The van der Waals surface area contributed by atoms with Gasteiger partial charge in [-0.05, 0) is 46.4 Å². The first-order valence-electron chi connectivity index (χ1n) is 7.37. The zero-order valence-corrected chi connectivity index (χ0v) is 12.0. The Balaban J connectivity index is 2.11. The van der Waals surface area contributed by atoms with Gasteiger partial charge in [0, 0.05) is 25.7 Å². The minimum Gasteiger partial charge on any atom is -0.315 e. The number of hydrogen-bond acceptors (Lipinski definition) is 3. The van der Waals surface area contributed by atoms with E-state index in [0.29, 0.717) is 6.04 Å². The van der Waals surface area contributed by atoms with E-state index < -0.39 is 0 Å². The van der Waals surface area contributed by atoms with Crippen molar-refractivity contribution in [3.05, 3.63) is 0 Å². The smallest absolute Gasteiger partial charge is 0.0192 e. The molecule has 1 atom stereocenters. The van der Waals surface area contributed by atoms with Crippen molar-refractivity contribution in [1.82, 2.24) is 15.1 Å². The van der Waals surface area contributed by atoms with Crippen LogP contribution in [0.5, 0.6) is 0 Å². The SMILES string of the molecule is CCCCCNCC(C)N1CCCN(C)CC1. The fourth-order valence-electron chi connectivity index (χ4n) is 2.45. The lowest BCUT2D eigenvalue weighted by atomic mass is 10.2. The van der Waals surface area contributed by atoms with Crippen molar-refractivity contribution >= 4 is 0 Å². The maximum atomic E-state index is 3.59. The molecule has 1 rings (SSSR count). The largest absolute Gasteiger partial charge is 0.315 e. The summed E-state index contributed by atoms with van der Waals surface area (Å²) in [4.78, 5) is 5.08. The van der Waals surface area contributed by atoms with Crippen molar-refractivity contribution in [3.63, 3.8) is 0 Å². The van der Waals surface area contributed by atoms with Crippen LogP contribution in [-0.4, -0.2) is 62.2 Å². The summed E-state index contributed by atoms with van der Waals surface area (Å²) in [6, 6.07) is 0.683. The highest BCUT2D eigenvalue weighted by molar-refractivity contribution is 4.74. The van der Waals surface area contributed by atoms with E-state index in [1.807, 2.05) is 0 Å². The Morgan fingerprint density at radius 3 is 2.71 bits per heavy atom. The van der Waals surface area contributed by atoms with E-state index in [4.69, 9.17) is 0 Å². The van der Waals surface area contributed by atoms with Gasteiger partial charge in [-0.25, -0.2) is 0 Å². The van der Waals surface area contributed by atoms with E-state index in [0.717, 1.165) is 6.54 Å². The highest BCUT2D eigenvalue weighted by Crippen LogP contribution is 2.05. The van der Waals surface area contributed by atoms with Crippen molar-refractivity contribution in [3.8, 4) is 0 Å². The maximum absolute atomic E-state index is 3.59. The van der Waals surface area contributed by atoms with Gasteiger partial charge in [0.1, 0.15) is 0 Å². The third kappa shape index (κ3) is 6.39. The molecule has 0 amide bonds. The molecule has 0 saturated carbocycles. The quantitative estimate of drug-likeness (QED) is 0.686. The first-order valence-corrected chi connectivity index (χ1v) is 7.37. The highest BCUT2D eigenvalue weighted by atomic mass is 15.2. The topological polar surface area (TPSA) is 18.5 Å². The first-order chi connectivity index (χ1) is 8.24. The Morgan fingerprint density at radius 1 is 1.12 bits per heavy atom. The van der Waals surface area contributed by atoms with Gasteiger partial charge in [0.2, 0.25) is 0 Å². The fraction of sp³-hybridized carbons (Fsp3) is 1.00. The zero-order valence-electron chi connectivity index (χ0n) is 12.0. The molecule has 0 radical (unpaired) electrons. The molecule has 1 aliphatic rings. The molecule has 1 unspecified atom stereocenters. The molecular formula is C14H31N3. The molecule has 17 heavy (non-hydrogen) atoms. The normalized spacial score (nSPS) is 21.4. The van der Waals surface area contributed by atoms with Crippen molar-refractivity contribution in [1.29, 1.82) is 0 Å². The molecule has 0 aromatic heterocycles. The van der Waals surface area contributed by atoms with Gasteiger partial charge >= 0.3 is 0 Å². The summed E-state index contributed by atoms with van der Waals surface area (Å²) < 4.78 is 0. The van der Waals surface area contributed by atoms with Gasteiger partial charge in [-0.2, -0.15) is 0 Å². The summed E-state index contributed by atoms with van der Waals surface area (Å²) in [5, 5.41) is 3.59. The summed E-state index contributed by atoms with van der Waals surface area (Å²) >= 11 is 0. The van der Waals surface area contributed by atoms with Crippen LogP contribution in [0.25, 0.3) is 0 Å². The molecule has 3 nitrogen and oxygen atoms in total. The average Bonchev–Trinajstić information content (AvgIpc) is 2.53. The number of rotatable bonds is 7. The van der Waals surface area contributed by atoms with Gasteiger partial charge in [-0.15, -0.1) is 0 Å². The molecule has 1 fully saturated rings. The van der Waals surface area contributed by atoms with E-state index in [1.54, 1.807) is 0 Å². The average molecular weight is 241 g/mol. The second kappa shape index (κ2) is 8.90. The van der Waals surface area contributed by atoms with E-state index in [1.165, 1.54) is 58.4 Å². The van der Waals surface area contributed by atoms with Crippen LogP contribution < -0.4 is 5.32 Å². The minimum atomic E-state index is 0.683. The van der Waals surface area contributed by atoms with Crippen LogP contribution in [-0.2, 0) is 0 Å². The summed E-state index contributed by atoms with van der Waals surface area (Å²) in [5.41, 5.74) is 0. The van der Waals surface area contributed by atoms with Gasteiger partial charge < -0.3 is 10.2 Å². The summed E-state index contributed by atoms with van der Waals surface area (Å²) in [6.45, 7) is 11.9. The Labute approximate surface area is 108 Å². The number of unbranched alkanes of at least 4 members (excludes halogenated alkanes) is 2. The molecule has 0 aromatic rings. The predicted octanol–water partition coefficient (Wildman–Crippen LogP) is 1.79. The fourth-order valence-corrected chi connectivity index (χ4v) is 2.45. The predicted molar refractivity (Wildman–Crippen MR) is 75.5 cm³/mol. The van der Waals surface area contributed by atoms with E-state index in [-0.39, 0.29) is 0 Å². The van der Waals surface area contributed by atoms with Crippen molar-refractivity contribution < 1.29 is 0 Å². The molecule has 0 aliphatic carbocycles. The molecule has 1 aliphatic heterocycles. The van der Waals surface area contributed by atoms with Crippen molar-refractivity contribution in [2.45, 2.75) is 45.6 Å². The van der Waals surface area contributed by atoms with Crippen LogP contribution in [0.15, 0.2) is 0 Å². The molecule has 1 saturated heterocycles. The Morgan fingerprint density at radius 2 is 1.94 bits per heavy atom. The molecule has 1 heterocycles. The summed E-state index contributed by atoms with van der Waals surface area (Å²) in [7, 11) is 2.23. The summed E-state index contributed by atoms with van der Waals surface area (Å²) in [5.74, 6) is 0. The van der Waals surface area contributed by atoms with Gasteiger partial charge in [-0.1, -0.05) is 19.8 Å². The van der Waals surface area contributed by atoms with Gasteiger partial charge in [0.05, 0.1) is 0 Å². The van der Waals surface area contributed by atoms with Crippen LogP contribution in [0.2, 0.25) is 0 Å². The Bertz CT molecular complexity index is 184. The van der Waals surface area contributed by atoms with Crippen molar-refractivity contribution in [2.24, 2.45) is 0 Å². The number of nitrogens with zero attached hydrogens (tertiary/aromatic N) is 2.